The van der Waals surface area contributed by atoms with E-state index in [4.69, 9.17) is 5.11 Å². The van der Waals surface area contributed by atoms with Crippen LogP contribution in [0.4, 0.5) is 5.82 Å². The largest absolute Gasteiger partial charge is 0.481 e. The molecule has 0 bridgehead atoms. The van der Waals surface area contributed by atoms with E-state index in [-0.39, 0.29) is 5.92 Å². The van der Waals surface area contributed by atoms with Crippen molar-refractivity contribution >= 4 is 11.8 Å². The summed E-state index contributed by atoms with van der Waals surface area (Å²) in [5.41, 5.74) is 1.10. The number of carboxylic acid groups (broad SMARTS) is 1. The predicted octanol–water partition coefficient (Wildman–Crippen LogP) is 2.21. The molecule has 0 spiro atoms. The number of carboxylic acids is 1. The summed E-state index contributed by atoms with van der Waals surface area (Å²) < 4.78 is 0. The molecule has 1 aliphatic carbocycles. The van der Waals surface area contributed by atoms with Gasteiger partial charge in [0.15, 0.2) is 0 Å². The number of piperidine rings is 1. The monoisotopic (exact) mass is 273 g/mol. The van der Waals surface area contributed by atoms with Gasteiger partial charge in [-0.05, 0) is 25.7 Å². The molecular weight excluding hydrogens is 254 g/mol. The first-order chi connectivity index (χ1) is 9.74. The smallest absolute Gasteiger partial charge is 0.306 e. The van der Waals surface area contributed by atoms with E-state index >= 15 is 0 Å². The quantitative estimate of drug-likeness (QED) is 0.855. The Morgan fingerprint density at radius 1 is 1.20 bits per heavy atom. The maximum Gasteiger partial charge on any atom is 0.306 e. The van der Waals surface area contributed by atoms with E-state index in [1.165, 1.54) is 0 Å². The minimum Gasteiger partial charge on any atom is -0.481 e. The topological polar surface area (TPSA) is 66.3 Å². The standard InChI is InChI=1S/C15H19N3O2/c19-15(20)12-5-7-18(8-6-12)14-9-13(16-10-17-14)11-3-1-2-4-11/h1-2,9-12H,3-8H2,(H,19,20). The fraction of sp³-hybridized carbons (Fsp3) is 0.533. The zero-order chi connectivity index (χ0) is 13.9. The van der Waals surface area contributed by atoms with Crippen LogP contribution in [-0.2, 0) is 4.79 Å². The lowest BCUT2D eigenvalue weighted by atomic mass is 9.97. The normalized spacial score (nSPS) is 20.5. The summed E-state index contributed by atoms with van der Waals surface area (Å²) in [4.78, 5) is 21.9. The highest BCUT2D eigenvalue weighted by Crippen LogP contribution is 2.30. The first-order valence-corrected chi connectivity index (χ1v) is 7.18. The van der Waals surface area contributed by atoms with Crippen molar-refractivity contribution in [3.05, 3.63) is 30.2 Å². The van der Waals surface area contributed by atoms with E-state index in [0.29, 0.717) is 18.8 Å². The van der Waals surface area contributed by atoms with Crippen LogP contribution < -0.4 is 4.90 Å². The number of allylic oxidation sites excluding steroid dienone is 2. The zero-order valence-electron chi connectivity index (χ0n) is 11.4. The molecule has 0 amide bonds. The van der Waals surface area contributed by atoms with Gasteiger partial charge in [0.1, 0.15) is 12.1 Å². The van der Waals surface area contributed by atoms with Gasteiger partial charge in [-0.25, -0.2) is 9.97 Å². The van der Waals surface area contributed by atoms with E-state index in [2.05, 4.69) is 33.1 Å². The summed E-state index contributed by atoms with van der Waals surface area (Å²) in [7, 11) is 0. The third-order valence-electron chi connectivity index (χ3n) is 4.27. The maximum atomic E-state index is 11.0. The predicted molar refractivity (Wildman–Crippen MR) is 75.7 cm³/mol. The van der Waals surface area contributed by atoms with Crippen LogP contribution >= 0.6 is 0 Å². The van der Waals surface area contributed by atoms with Crippen LogP contribution in [0, 0.1) is 5.92 Å². The summed E-state index contributed by atoms with van der Waals surface area (Å²) in [6.07, 6.45) is 9.52. The van der Waals surface area contributed by atoms with Crippen molar-refractivity contribution in [1.82, 2.24) is 9.97 Å². The minimum atomic E-state index is -0.676. The molecule has 2 aliphatic rings. The van der Waals surface area contributed by atoms with Crippen molar-refractivity contribution in [1.29, 1.82) is 0 Å². The highest BCUT2D eigenvalue weighted by Gasteiger charge is 2.25. The lowest BCUT2D eigenvalue weighted by Gasteiger charge is -2.31. The van der Waals surface area contributed by atoms with E-state index in [1.807, 2.05) is 0 Å². The molecule has 0 aromatic carbocycles. The van der Waals surface area contributed by atoms with Crippen LogP contribution in [0.3, 0.4) is 0 Å². The van der Waals surface area contributed by atoms with Gasteiger partial charge in [-0.2, -0.15) is 0 Å². The molecule has 1 saturated heterocycles. The molecule has 5 heteroatoms. The van der Waals surface area contributed by atoms with Crippen LogP contribution in [0.25, 0.3) is 0 Å². The van der Waals surface area contributed by atoms with E-state index in [9.17, 15) is 4.79 Å². The van der Waals surface area contributed by atoms with Gasteiger partial charge in [0.05, 0.1) is 5.92 Å². The van der Waals surface area contributed by atoms with Crippen molar-refractivity contribution in [2.24, 2.45) is 5.92 Å². The summed E-state index contributed by atoms with van der Waals surface area (Å²) >= 11 is 0. The van der Waals surface area contributed by atoms with Gasteiger partial charge in [0.25, 0.3) is 0 Å². The van der Waals surface area contributed by atoms with E-state index in [0.717, 1.165) is 37.4 Å². The molecule has 0 unspecified atom stereocenters. The number of anilines is 1. The Morgan fingerprint density at radius 2 is 1.90 bits per heavy atom. The molecule has 3 rings (SSSR count). The van der Waals surface area contributed by atoms with E-state index < -0.39 is 5.97 Å². The van der Waals surface area contributed by atoms with Crippen LogP contribution in [0.15, 0.2) is 24.5 Å². The third-order valence-corrected chi connectivity index (χ3v) is 4.27. The SMILES string of the molecule is O=C(O)C1CCN(c2cc(C3CC=CC3)ncn2)CC1. The first-order valence-electron chi connectivity index (χ1n) is 7.18. The van der Waals surface area contributed by atoms with Crippen molar-refractivity contribution < 1.29 is 9.90 Å². The number of carbonyl (C=O) groups is 1. The Hall–Kier alpha value is -1.91. The third kappa shape index (κ3) is 2.66. The fourth-order valence-corrected chi connectivity index (χ4v) is 2.97. The number of aliphatic carboxylic acids is 1. The van der Waals surface area contributed by atoms with Gasteiger partial charge in [-0.15, -0.1) is 0 Å². The van der Waals surface area contributed by atoms with Gasteiger partial charge >= 0.3 is 5.97 Å². The van der Waals surface area contributed by atoms with Crippen LogP contribution in [0.2, 0.25) is 0 Å². The fourth-order valence-electron chi connectivity index (χ4n) is 2.97. The van der Waals surface area contributed by atoms with Gasteiger partial charge in [-0.1, -0.05) is 12.2 Å². The highest BCUT2D eigenvalue weighted by molar-refractivity contribution is 5.70. The Bertz CT molecular complexity index is 514. The molecule has 1 aromatic heterocycles. The molecule has 2 heterocycles. The molecule has 1 aliphatic heterocycles. The number of hydrogen-bond acceptors (Lipinski definition) is 4. The summed E-state index contributed by atoms with van der Waals surface area (Å²) in [6.45, 7) is 1.52. The Labute approximate surface area is 118 Å². The molecule has 0 atom stereocenters. The van der Waals surface area contributed by atoms with Gasteiger partial charge in [0.2, 0.25) is 0 Å². The van der Waals surface area contributed by atoms with Crippen molar-refractivity contribution in [2.45, 2.75) is 31.6 Å². The summed E-state index contributed by atoms with van der Waals surface area (Å²) in [5.74, 6) is 0.538. The average Bonchev–Trinajstić information content (AvgIpc) is 3.02. The number of nitrogens with zero attached hydrogens (tertiary/aromatic N) is 3. The summed E-state index contributed by atoms with van der Waals surface area (Å²) in [6, 6.07) is 2.07. The highest BCUT2D eigenvalue weighted by atomic mass is 16.4. The number of hydrogen-bond donors (Lipinski definition) is 1. The van der Waals surface area contributed by atoms with Crippen molar-refractivity contribution in [2.75, 3.05) is 18.0 Å². The maximum absolute atomic E-state index is 11.0. The molecule has 106 valence electrons. The second-order valence-electron chi connectivity index (χ2n) is 5.54. The Balaban J connectivity index is 1.68. The Kier molecular flexibility index (Phi) is 3.67. The second-order valence-corrected chi connectivity index (χ2v) is 5.54. The van der Waals surface area contributed by atoms with Crippen molar-refractivity contribution in [3.63, 3.8) is 0 Å². The molecular formula is C15H19N3O2. The molecule has 20 heavy (non-hydrogen) atoms. The average molecular weight is 273 g/mol. The number of aromatic nitrogens is 2. The molecule has 1 aromatic rings. The summed E-state index contributed by atoms with van der Waals surface area (Å²) in [5, 5.41) is 9.03. The molecule has 1 N–H and O–H groups in total. The molecule has 0 radical (unpaired) electrons. The molecule has 5 nitrogen and oxygen atoms in total. The molecule has 1 fully saturated rings. The van der Waals surface area contributed by atoms with Crippen LogP contribution in [0.5, 0.6) is 0 Å². The molecule has 0 saturated carbocycles. The van der Waals surface area contributed by atoms with Crippen molar-refractivity contribution in [3.8, 4) is 0 Å². The number of rotatable bonds is 3. The lowest BCUT2D eigenvalue weighted by molar-refractivity contribution is -0.142. The first kappa shape index (κ1) is 13.1. The lowest BCUT2D eigenvalue weighted by Crippen LogP contribution is -2.36. The van der Waals surface area contributed by atoms with E-state index in [1.54, 1.807) is 6.33 Å². The zero-order valence-corrected chi connectivity index (χ0v) is 11.4. The second kappa shape index (κ2) is 5.61. The van der Waals surface area contributed by atoms with Crippen LogP contribution in [-0.4, -0.2) is 34.1 Å². The Morgan fingerprint density at radius 3 is 2.55 bits per heavy atom. The van der Waals surface area contributed by atoms with Gasteiger partial charge in [0, 0.05) is 30.8 Å². The van der Waals surface area contributed by atoms with Crippen LogP contribution in [0.1, 0.15) is 37.3 Å². The van der Waals surface area contributed by atoms with Gasteiger partial charge in [-0.3, -0.25) is 4.79 Å². The van der Waals surface area contributed by atoms with Gasteiger partial charge < -0.3 is 10.0 Å². The minimum absolute atomic E-state index is 0.202.